The van der Waals surface area contributed by atoms with Gasteiger partial charge in [-0.25, -0.2) is 4.39 Å². The van der Waals surface area contributed by atoms with Gasteiger partial charge in [-0.1, -0.05) is 15.9 Å². The van der Waals surface area contributed by atoms with Crippen LogP contribution in [0.2, 0.25) is 0 Å². The highest BCUT2D eigenvalue weighted by Gasteiger charge is 2.35. The predicted octanol–water partition coefficient (Wildman–Crippen LogP) is 2.69. The van der Waals surface area contributed by atoms with Crippen LogP contribution in [0, 0.1) is 11.7 Å². The van der Waals surface area contributed by atoms with E-state index in [0.717, 1.165) is 30.4 Å². The van der Waals surface area contributed by atoms with E-state index < -0.39 is 0 Å². The topological polar surface area (TPSA) is 32.3 Å². The van der Waals surface area contributed by atoms with Crippen molar-refractivity contribution < 1.29 is 9.18 Å². The first kappa shape index (κ1) is 14.0. The van der Waals surface area contributed by atoms with Gasteiger partial charge in [-0.3, -0.25) is 9.69 Å². The lowest BCUT2D eigenvalue weighted by Crippen LogP contribution is -2.38. The van der Waals surface area contributed by atoms with Crippen molar-refractivity contribution in [3.63, 3.8) is 0 Å². The Morgan fingerprint density at radius 2 is 2.25 bits per heavy atom. The van der Waals surface area contributed by atoms with Crippen LogP contribution in [0.4, 0.5) is 4.39 Å². The molecule has 1 aromatic carbocycles. The van der Waals surface area contributed by atoms with Crippen LogP contribution in [0.25, 0.3) is 0 Å². The molecule has 0 bridgehead atoms. The number of benzene rings is 1. The molecule has 108 valence electrons. The van der Waals surface area contributed by atoms with E-state index in [1.807, 2.05) is 6.07 Å². The lowest BCUT2D eigenvalue weighted by Gasteiger charge is -2.17. The molecular weight excluding hydrogens is 323 g/mol. The Morgan fingerprint density at radius 1 is 1.40 bits per heavy atom. The summed E-state index contributed by atoms with van der Waals surface area (Å²) >= 11 is 3.38. The van der Waals surface area contributed by atoms with Crippen molar-refractivity contribution in [2.45, 2.75) is 31.8 Å². The third kappa shape index (κ3) is 3.04. The predicted molar refractivity (Wildman–Crippen MR) is 78.6 cm³/mol. The molecule has 2 saturated heterocycles. The van der Waals surface area contributed by atoms with E-state index >= 15 is 0 Å². The number of hydrogen-bond donors (Lipinski definition) is 1. The van der Waals surface area contributed by atoms with E-state index in [1.54, 1.807) is 6.07 Å². The number of carbonyl (C=O) groups is 1. The molecule has 1 aromatic rings. The highest BCUT2D eigenvalue weighted by atomic mass is 79.9. The average Bonchev–Trinajstić information content (AvgIpc) is 2.67. The zero-order valence-corrected chi connectivity index (χ0v) is 12.8. The molecular formula is C15H18BrFN2O. The summed E-state index contributed by atoms with van der Waals surface area (Å²) in [6.45, 7) is 2.37. The zero-order chi connectivity index (χ0) is 14.1. The summed E-state index contributed by atoms with van der Waals surface area (Å²) in [4.78, 5) is 13.8. The SMILES string of the molecule is O=C1CCC[C@@H]2CN(Cc3cc(Br)ccc3F)C[C@@H]2N1. The summed E-state index contributed by atoms with van der Waals surface area (Å²) < 4.78 is 14.7. The summed E-state index contributed by atoms with van der Waals surface area (Å²) in [7, 11) is 0. The van der Waals surface area contributed by atoms with E-state index in [-0.39, 0.29) is 17.8 Å². The standard InChI is InChI=1S/C15H18BrFN2O/c16-12-4-5-13(17)11(6-12)8-19-7-10-2-1-3-15(20)18-14(10)9-19/h4-6,10,14H,1-3,7-9H2,(H,18,20)/t10-,14+/m1/s1. The Kier molecular flexibility index (Phi) is 4.08. The fraction of sp³-hybridized carbons (Fsp3) is 0.533. The minimum atomic E-state index is -0.163. The molecule has 1 amide bonds. The molecule has 1 N–H and O–H groups in total. The van der Waals surface area contributed by atoms with Gasteiger partial charge in [0.15, 0.2) is 0 Å². The Bertz CT molecular complexity index is 523. The molecule has 2 atom stereocenters. The highest BCUT2D eigenvalue weighted by molar-refractivity contribution is 9.10. The van der Waals surface area contributed by atoms with E-state index in [1.165, 1.54) is 6.07 Å². The number of amides is 1. The normalized spacial score (nSPS) is 27.0. The van der Waals surface area contributed by atoms with Crippen molar-refractivity contribution in [3.05, 3.63) is 34.1 Å². The molecule has 3 nitrogen and oxygen atoms in total. The van der Waals surface area contributed by atoms with Crippen molar-refractivity contribution in [2.75, 3.05) is 13.1 Å². The fourth-order valence-electron chi connectivity index (χ4n) is 3.25. The number of halogens is 2. The second-order valence-electron chi connectivity index (χ2n) is 5.76. The van der Waals surface area contributed by atoms with E-state index in [4.69, 9.17) is 0 Å². The van der Waals surface area contributed by atoms with Gasteiger partial charge in [-0.05, 0) is 37.0 Å². The van der Waals surface area contributed by atoms with Gasteiger partial charge in [-0.2, -0.15) is 0 Å². The third-order valence-corrected chi connectivity index (χ3v) is 4.74. The molecule has 5 heteroatoms. The van der Waals surface area contributed by atoms with Crippen molar-refractivity contribution >= 4 is 21.8 Å². The number of likely N-dealkylation sites (tertiary alicyclic amines) is 1. The van der Waals surface area contributed by atoms with E-state index in [9.17, 15) is 9.18 Å². The van der Waals surface area contributed by atoms with Crippen LogP contribution in [0.15, 0.2) is 22.7 Å². The maximum Gasteiger partial charge on any atom is 0.220 e. The molecule has 0 aliphatic carbocycles. The summed E-state index contributed by atoms with van der Waals surface area (Å²) in [6.07, 6.45) is 2.69. The number of carbonyl (C=O) groups excluding carboxylic acids is 1. The molecule has 3 rings (SSSR count). The Morgan fingerprint density at radius 3 is 3.10 bits per heavy atom. The first-order valence-corrected chi connectivity index (χ1v) is 7.87. The number of hydrogen-bond acceptors (Lipinski definition) is 2. The molecule has 2 fully saturated rings. The van der Waals surface area contributed by atoms with E-state index in [0.29, 0.717) is 24.4 Å². The molecule has 2 heterocycles. The first-order chi connectivity index (χ1) is 9.61. The Balaban J connectivity index is 1.68. The van der Waals surface area contributed by atoms with Crippen molar-refractivity contribution in [3.8, 4) is 0 Å². The number of nitrogens with one attached hydrogen (secondary N) is 1. The molecule has 0 aromatic heterocycles. The fourth-order valence-corrected chi connectivity index (χ4v) is 3.66. The zero-order valence-electron chi connectivity index (χ0n) is 11.2. The van der Waals surface area contributed by atoms with Gasteiger partial charge in [0, 0.05) is 42.1 Å². The molecule has 20 heavy (non-hydrogen) atoms. The summed E-state index contributed by atoms with van der Waals surface area (Å²) in [5, 5.41) is 3.10. The van der Waals surface area contributed by atoms with Crippen LogP contribution < -0.4 is 5.32 Å². The molecule has 0 saturated carbocycles. The van der Waals surface area contributed by atoms with Crippen LogP contribution in [0.5, 0.6) is 0 Å². The average molecular weight is 341 g/mol. The lowest BCUT2D eigenvalue weighted by molar-refractivity contribution is -0.121. The second kappa shape index (κ2) is 5.82. The Labute approximate surface area is 126 Å². The largest absolute Gasteiger partial charge is 0.352 e. The van der Waals surface area contributed by atoms with Gasteiger partial charge in [0.05, 0.1) is 0 Å². The second-order valence-corrected chi connectivity index (χ2v) is 6.67. The van der Waals surface area contributed by atoms with Crippen LogP contribution in [0.3, 0.4) is 0 Å². The van der Waals surface area contributed by atoms with Crippen molar-refractivity contribution in [1.82, 2.24) is 10.2 Å². The minimum Gasteiger partial charge on any atom is -0.352 e. The first-order valence-electron chi connectivity index (χ1n) is 7.07. The molecule has 2 aliphatic rings. The molecule has 0 spiro atoms. The van der Waals surface area contributed by atoms with Gasteiger partial charge < -0.3 is 5.32 Å². The van der Waals surface area contributed by atoms with Crippen molar-refractivity contribution in [2.24, 2.45) is 5.92 Å². The highest BCUT2D eigenvalue weighted by Crippen LogP contribution is 2.27. The van der Waals surface area contributed by atoms with Crippen LogP contribution in [0.1, 0.15) is 24.8 Å². The maximum atomic E-state index is 13.8. The van der Waals surface area contributed by atoms with Gasteiger partial charge >= 0.3 is 0 Å². The lowest BCUT2D eigenvalue weighted by atomic mass is 9.99. The van der Waals surface area contributed by atoms with Crippen LogP contribution in [-0.2, 0) is 11.3 Å². The number of nitrogens with zero attached hydrogens (tertiary/aromatic N) is 1. The maximum absolute atomic E-state index is 13.8. The monoisotopic (exact) mass is 340 g/mol. The number of rotatable bonds is 2. The molecule has 2 aliphatic heterocycles. The van der Waals surface area contributed by atoms with Crippen LogP contribution >= 0.6 is 15.9 Å². The summed E-state index contributed by atoms with van der Waals surface area (Å²) in [5.41, 5.74) is 0.710. The minimum absolute atomic E-state index is 0.160. The Hall–Kier alpha value is -0.940. The van der Waals surface area contributed by atoms with E-state index in [2.05, 4.69) is 26.1 Å². The smallest absolute Gasteiger partial charge is 0.220 e. The summed E-state index contributed by atoms with van der Waals surface area (Å²) in [5.74, 6) is 0.508. The van der Waals surface area contributed by atoms with Gasteiger partial charge in [0.25, 0.3) is 0 Å². The molecule has 0 unspecified atom stereocenters. The van der Waals surface area contributed by atoms with Gasteiger partial charge in [-0.15, -0.1) is 0 Å². The van der Waals surface area contributed by atoms with Crippen molar-refractivity contribution in [1.29, 1.82) is 0 Å². The van der Waals surface area contributed by atoms with Gasteiger partial charge in [0.1, 0.15) is 5.82 Å². The molecule has 0 radical (unpaired) electrons. The summed E-state index contributed by atoms with van der Waals surface area (Å²) in [6, 6.07) is 5.28. The van der Waals surface area contributed by atoms with Gasteiger partial charge in [0.2, 0.25) is 5.91 Å². The number of fused-ring (bicyclic) bond motifs is 1. The van der Waals surface area contributed by atoms with Crippen LogP contribution in [-0.4, -0.2) is 29.9 Å². The quantitative estimate of drug-likeness (QED) is 0.897. The third-order valence-electron chi connectivity index (χ3n) is 4.24.